The molecule has 0 heterocycles. The van der Waals surface area contributed by atoms with E-state index in [9.17, 15) is 4.79 Å². The van der Waals surface area contributed by atoms with Gasteiger partial charge >= 0.3 is 0 Å². The van der Waals surface area contributed by atoms with Crippen LogP contribution in [0.3, 0.4) is 0 Å². The SMILES string of the molecule is CC(C)Oc1ccc(CNCC(=O)NC(C)(C)C)cc1. The summed E-state index contributed by atoms with van der Waals surface area (Å²) in [5.74, 6) is 0.881. The molecular weight excluding hydrogens is 252 g/mol. The average Bonchev–Trinajstić information content (AvgIpc) is 2.28. The average molecular weight is 278 g/mol. The van der Waals surface area contributed by atoms with Crippen LogP contribution in [-0.4, -0.2) is 24.1 Å². The standard InChI is InChI=1S/C16H26N2O2/c1-12(2)20-14-8-6-13(7-9-14)10-17-11-15(19)18-16(3,4)5/h6-9,12,17H,10-11H2,1-5H3,(H,18,19). The van der Waals surface area contributed by atoms with Crippen molar-refractivity contribution in [1.29, 1.82) is 0 Å². The number of carbonyl (C=O) groups is 1. The van der Waals surface area contributed by atoms with Gasteiger partial charge in [0.2, 0.25) is 5.91 Å². The molecule has 1 aromatic rings. The van der Waals surface area contributed by atoms with E-state index in [4.69, 9.17) is 4.74 Å². The predicted octanol–water partition coefficient (Wildman–Crippen LogP) is 2.48. The Bertz CT molecular complexity index is 419. The van der Waals surface area contributed by atoms with Gasteiger partial charge in [-0.1, -0.05) is 12.1 Å². The van der Waals surface area contributed by atoms with Gasteiger partial charge in [0.15, 0.2) is 0 Å². The molecule has 0 saturated heterocycles. The summed E-state index contributed by atoms with van der Waals surface area (Å²) >= 11 is 0. The first-order chi connectivity index (χ1) is 9.26. The molecule has 4 heteroatoms. The first-order valence-electron chi connectivity index (χ1n) is 7.03. The highest BCUT2D eigenvalue weighted by molar-refractivity contribution is 5.78. The second-order valence-electron chi connectivity index (χ2n) is 6.21. The Morgan fingerprint density at radius 2 is 1.80 bits per heavy atom. The number of carbonyl (C=O) groups excluding carboxylic acids is 1. The molecule has 0 aliphatic carbocycles. The van der Waals surface area contributed by atoms with Crippen molar-refractivity contribution in [3.05, 3.63) is 29.8 Å². The van der Waals surface area contributed by atoms with Gasteiger partial charge in [0.25, 0.3) is 0 Å². The fourth-order valence-corrected chi connectivity index (χ4v) is 1.74. The van der Waals surface area contributed by atoms with Crippen molar-refractivity contribution in [3.8, 4) is 5.75 Å². The summed E-state index contributed by atoms with van der Waals surface area (Å²) in [7, 11) is 0. The molecular formula is C16H26N2O2. The van der Waals surface area contributed by atoms with Crippen LogP contribution in [0.4, 0.5) is 0 Å². The lowest BCUT2D eigenvalue weighted by molar-refractivity contribution is -0.121. The fraction of sp³-hybridized carbons (Fsp3) is 0.562. The summed E-state index contributed by atoms with van der Waals surface area (Å²) < 4.78 is 5.58. The van der Waals surface area contributed by atoms with Crippen molar-refractivity contribution in [3.63, 3.8) is 0 Å². The van der Waals surface area contributed by atoms with Gasteiger partial charge in [0, 0.05) is 12.1 Å². The first-order valence-corrected chi connectivity index (χ1v) is 7.03. The van der Waals surface area contributed by atoms with E-state index in [0.717, 1.165) is 11.3 Å². The maximum absolute atomic E-state index is 11.6. The molecule has 1 rings (SSSR count). The molecule has 1 amide bonds. The van der Waals surface area contributed by atoms with Crippen LogP contribution in [0.2, 0.25) is 0 Å². The number of amides is 1. The monoisotopic (exact) mass is 278 g/mol. The normalized spacial score (nSPS) is 11.5. The minimum atomic E-state index is -0.186. The molecule has 1 aromatic carbocycles. The van der Waals surface area contributed by atoms with E-state index in [-0.39, 0.29) is 17.6 Å². The molecule has 0 saturated carbocycles. The number of ether oxygens (including phenoxy) is 1. The highest BCUT2D eigenvalue weighted by Crippen LogP contribution is 2.13. The Labute approximate surface area is 121 Å². The molecule has 112 valence electrons. The predicted molar refractivity (Wildman–Crippen MR) is 81.8 cm³/mol. The summed E-state index contributed by atoms with van der Waals surface area (Å²) in [6, 6.07) is 7.91. The molecule has 0 aromatic heterocycles. The van der Waals surface area contributed by atoms with E-state index in [2.05, 4.69) is 10.6 Å². The zero-order chi connectivity index (χ0) is 15.2. The van der Waals surface area contributed by atoms with Gasteiger partial charge in [-0.2, -0.15) is 0 Å². The Hall–Kier alpha value is -1.55. The summed E-state index contributed by atoms with van der Waals surface area (Å²) in [5.41, 5.74) is 0.943. The highest BCUT2D eigenvalue weighted by Gasteiger charge is 2.12. The molecule has 20 heavy (non-hydrogen) atoms. The summed E-state index contributed by atoms with van der Waals surface area (Å²) in [6.45, 7) is 10.9. The van der Waals surface area contributed by atoms with Crippen LogP contribution in [0.1, 0.15) is 40.2 Å². The number of benzene rings is 1. The number of hydrogen-bond donors (Lipinski definition) is 2. The molecule has 0 radical (unpaired) electrons. The van der Waals surface area contributed by atoms with Gasteiger partial charge in [-0.15, -0.1) is 0 Å². The minimum Gasteiger partial charge on any atom is -0.491 e. The van der Waals surface area contributed by atoms with Crippen molar-refractivity contribution >= 4 is 5.91 Å². The molecule has 0 aliphatic heterocycles. The van der Waals surface area contributed by atoms with E-state index in [1.54, 1.807) is 0 Å². The lowest BCUT2D eigenvalue weighted by Gasteiger charge is -2.20. The molecule has 2 N–H and O–H groups in total. The van der Waals surface area contributed by atoms with Crippen LogP contribution in [0, 0.1) is 0 Å². The lowest BCUT2D eigenvalue weighted by atomic mass is 10.1. The van der Waals surface area contributed by atoms with E-state index < -0.39 is 0 Å². The van der Waals surface area contributed by atoms with Crippen LogP contribution in [0.5, 0.6) is 5.75 Å². The van der Waals surface area contributed by atoms with Gasteiger partial charge in [-0.25, -0.2) is 0 Å². The molecule has 0 aliphatic rings. The second-order valence-corrected chi connectivity index (χ2v) is 6.21. The number of hydrogen-bond acceptors (Lipinski definition) is 3. The van der Waals surface area contributed by atoms with Crippen molar-refractivity contribution in [2.24, 2.45) is 0 Å². The third-order valence-electron chi connectivity index (χ3n) is 2.42. The summed E-state index contributed by atoms with van der Waals surface area (Å²) in [6.07, 6.45) is 0.181. The van der Waals surface area contributed by atoms with E-state index in [0.29, 0.717) is 13.1 Å². The smallest absolute Gasteiger partial charge is 0.234 e. The molecule has 4 nitrogen and oxygen atoms in total. The highest BCUT2D eigenvalue weighted by atomic mass is 16.5. The molecule has 0 unspecified atom stereocenters. The third kappa shape index (κ3) is 7.14. The van der Waals surface area contributed by atoms with E-state index in [1.807, 2.05) is 58.9 Å². The van der Waals surface area contributed by atoms with Crippen molar-refractivity contribution in [1.82, 2.24) is 10.6 Å². The Kier molecular flexibility index (Phi) is 6.02. The van der Waals surface area contributed by atoms with Gasteiger partial charge in [-0.3, -0.25) is 4.79 Å². The fourth-order valence-electron chi connectivity index (χ4n) is 1.74. The Balaban J connectivity index is 2.33. The van der Waals surface area contributed by atoms with Crippen LogP contribution in [0.15, 0.2) is 24.3 Å². The Morgan fingerprint density at radius 3 is 2.30 bits per heavy atom. The van der Waals surface area contributed by atoms with Crippen molar-refractivity contribution in [2.45, 2.75) is 52.8 Å². The first kappa shape index (κ1) is 16.5. The van der Waals surface area contributed by atoms with Crippen LogP contribution >= 0.6 is 0 Å². The summed E-state index contributed by atoms with van der Waals surface area (Å²) in [4.78, 5) is 11.6. The topological polar surface area (TPSA) is 50.4 Å². The molecule has 0 bridgehead atoms. The van der Waals surface area contributed by atoms with Crippen molar-refractivity contribution in [2.75, 3.05) is 6.54 Å². The largest absolute Gasteiger partial charge is 0.491 e. The van der Waals surface area contributed by atoms with E-state index >= 15 is 0 Å². The summed E-state index contributed by atoms with van der Waals surface area (Å²) in [5, 5.41) is 6.05. The number of nitrogens with one attached hydrogen (secondary N) is 2. The van der Waals surface area contributed by atoms with Gasteiger partial charge in [-0.05, 0) is 52.3 Å². The van der Waals surface area contributed by atoms with Gasteiger partial charge in [0.1, 0.15) is 5.75 Å². The van der Waals surface area contributed by atoms with Gasteiger partial charge < -0.3 is 15.4 Å². The maximum atomic E-state index is 11.6. The minimum absolute atomic E-state index is 0.0114. The molecule has 0 atom stereocenters. The second kappa shape index (κ2) is 7.29. The van der Waals surface area contributed by atoms with Gasteiger partial charge in [0.05, 0.1) is 12.6 Å². The van der Waals surface area contributed by atoms with Crippen LogP contribution in [-0.2, 0) is 11.3 Å². The van der Waals surface area contributed by atoms with Crippen LogP contribution in [0.25, 0.3) is 0 Å². The zero-order valence-corrected chi connectivity index (χ0v) is 13.1. The number of rotatable bonds is 6. The quantitative estimate of drug-likeness (QED) is 0.840. The van der Waals surface area contributed by atoms with E-state index in [1.165, 1.54) is 0 Å². The third-order valence-corrected chi connectivity index (χ3v) is 2.42. The Morgan fingerprint density at radius 1 is 1.20 bits per heavy atom. The van der Waals surface area contributed by atoms with Crippen LogP contribution < -0.4 is 15.4 Å². The molecule has 0 spiro atoms. The zero-order valence-electron chi connectivity index (χ0n) is 13.1. The molecule has 0 fully saturated rings. The maximum Gasteiger partial charge on any atom is 0.234 e. The lowest BCUT2D eigenvalue weighted by Crippen LogP contribution is -2.44. The van der Waals surface area contributed by atoms with Crippen molar-refractivity contribution < 1.29 is 9.53 Å².